The van der Waals surface area contributed by atoms with Gasteiger partial charge >= 0.3 is 5.97 Å². The topological polar surface area (TPSA) is 74.6 Å². The Kier molecular flexibility index (Phi) is 2.71. The van der Waals surface area contributed by atoms with Crippen LogP contribution in [0.4, 0.5) is 0 Å². The molecule has 0 spiro atoms. The SMILES string of the molecule is CC(=O)[C@@]1(C(=O)O)CCCC[C@@H]1O. The number of hydrogen-bond acceptors (Lipinski definition) is 3. The minimum absolute atomic E-state index is 0.263. The Hall–Kier alpha value is -0.900. The maximum Gasteiger partial charge on any atom is 0.319 e. The first kappa shape index (κ1) is 10.2. The fourth-order valence-corrected chi connectivity index (χ4v) is 1.97. The second kappa shape index (κ2) is 3.46. The van der Waals surface area contributed by atoms with E-state index in [4.69, 9.17) is 5.11 Å². The highest BCUT2D eigenvalue weighted by Crippen LogP contribution is 2.37. The molecule has 1 aliphatic carbocycles. The molecule has 0 unspecified atom stereocenters. The van der Waals surface area contributed by atoms with Crippen molar-refractivity contribution in [3.8, 4) is 0 Å². The van der Waals surface area contributed by atoms with Gasteiger partial charge in [0, 0.05) is 0 Å². The molecular weight excluding hydrogens is 172 g/mol. The lowest BCUT2D eigenvalue weighted by molar-refractivity contribution is -0.165. The van der Waals surface area contributed by atoms with Gasteiger partial charge in [0.1, 0.15) is 5.78 Å². The third-order valence-corrected chi connectivity index (χ3v) is 2.88. The minimum atomic E-state index is -1.53. The second-order valence-electron chi connectivity index (χ2n) is 3.59. The van der Waals surface area contributed by atoms with E-state index in [0.717, 1.165) is 6.42 Å². The summed E-state index contributed by atoms with van der Waals surface area (Å²) in [4.78, 5) is 22.2. The van der Waals surface area contributed by atoms with Crippen molar-refractivity contribution in [3.63, 3.8) is 0 Å². The van der Waals surface area contributed by atoms with Crippen LogP contribution in [-0.4, -0.2) is 28.1 Å². The molecule has 0 amide bonds. The second-order valence-corrected chi connectivity index (χ2v) is 3.59. The van der Waals surface area contributed by atoms with Crippen molar-refractivity contribution in [2.24, 2.45) is 5.41 Å². The van der Waals surface area contributed by atoms with Crippen LogP contribution in [0, 0.1) is 5.41 Å². The molecule has 0 heterocycles. The summed E-state index contributed by atoms with van der Waals surface area (Å²) in [7, 11) is 0. The third-order valence-electron chi connectivity index (χ3n) is 2.88. The molecule has 0 bridgehead atoms. The summed E-state index contributed by atoms with van der Waals surface area (Å²) >= 11 is 0. The normalized spacial score (nSPS) is 34.2. The summed E-state index contributed by atoms with van der Waals surface area (Å²) in [6.07, 6.45) is 1.15. The number of aliphatic carboxylic acids is 1. The van der Waals surface area contributed by atoms with Crippen LogP contribution in [0.25, 0.3) is 0 Å². The van der Waals surface area contributed by atoms with E-state index in [2.05, 4.69) is 0 Å². The van der Waals surface area contributed by atoms with Gasteiger partial charge in [0.05, 0.1) is 6.10 Å². The first-order valence-corrected chi connectivity index (χ1v) is 4.44. The van der Waals surface area contributed by atoms with Gasteiger partial charge in [-0.25, -0.2) is 0 Å². The Labute approximate surface area is 76.6 Å². The van der Waals surface area contributed by atoms with E-state index in [1.54, 1.807) is 0 Å². The molecule has 1 saturated carbocycles. The van der Waals surface area contributed by atoms with Crippen LogP contribution in [0.5, 0.6) is 0 Å². The van der Waals surface area contributed by atoms with Gasteiger partial charge in [-0.2, -0.15) is 0 Å². The summed E-state index contributed by atoms with van der Waals surface area (Å²) in [5.41, 5.74) is -1.53. The highest BCUT2D eigenvalue weighted by atomic mass is 16.4. The molecule has 0 aromatic heterocycles. The monoisotopic (exact) mass is 186 g/mol. The van der Waals surface area contributed by atoms with Crippen molar-refractivity contribution in [1.82, 2.24) is 0 Å². The van der Waals surface area contributed by atoms with Gasteiger partial charge in [-0.15, -0.1) is 0 Å². The van der Waals surface area contributed by atoms with Gasteiger partial charge in [0.25, 0.3) is 0 Å². The van der Waals surface area contributed by atoms with Crippen LogP contribution in [0.1, 0.15) is 32.6 Å². The third kappa shape index (κ3) is 1.46. The molecule has 13 heavy (non-hydrogen) atoms. The fourth-order valence-electron chi connectivity index (χ4n) is 1.97. The molecule has 0 saturated heterocycles. The first-order valence-electron chi connectivity index (χ1n) is 4.44. The molecule has 0 aromatic carbocycles. The fraction of sp³-hybridized carbons (Fsp3) is 0.778. The molecule has 2 atom stereocenters. The Morgan fingerprint density at radius 1 is 1.38 bits per heavy atom. The van der Waals surface area contributed by atoms with Gasteiger partial charge in [0.2, 0.25) is 0 Å². The zero-order valence-electron chi connectivity index (χ0n) is 7.62. The quantitative estimate of drug-likeness (QED) is 0.618. The highest BCUT2D eigenvalue weighted by Gasteiger charge is 2.50. The number of carboxylic acid groups (broad SMARTS) is 1. The molecule has 4 nitrogen and oxygen atoms in total. The van der Waals surface area contributed by atoms with Gasteiger partial charge in [-0.3, -0.25) is 9.59 Å². The number of carbonyl (C=O) groups excluding carboxylic acids is 1. The van der Waals surface area contributed by atoms with Crippen molar-refractivity contribution in [3.05, 3.63) is 0 Å². The average Bonchev–Trinajstić information content (AvgIpc) is 2.04. The Morgan fingerprint density at radius 2 is 2.00 bits per heavy atom. The molecule has 2 N–H and O–H groups in total. The summed E-state index contributed by atoms with van der Waals surface area (Å²) in [6.45, 7) is 1.24. The molecule has 0 radical (unpaired) electrons. The number of hydrogen-bond donors (Lipinski definition) is 2. The van der Waals surface area contributed by atoms with E-state index in [0.29, 0.717) is 12.8 Å². The molecule has 1 aliphatic rings. The van der Waals surface area contributed by atoms with E-state index < -0.39 is 23.3 Å². The predicted octanol–water partition coefficient (Wildman–Crippen LogP) is 0.581. The van der Waals surface area contributed by atoms with E-state index in [1.807, 2.05) is 0 Å². The molecule has 4 heteroatoms. The number of rotatable bonds is 2. The Morgan fingerprint density at radius 3 is 2.31 bits per heavy atom. The maximum atomic E-state index is 11.2. The van der Waals surface area contributed by atoms with E-state index in [1.165, 1.54) is 6.92 Å². The lowest BCUT2D eigenvalue weighted by Crippen LogP contribution is -2.49. The van der Waals surface area contributed by atoms with Crippen molar-refractivity contribution < 1.29 is 19.8 Å². The summed E-state index contributed by atoms with van der Waals surface area (Å²) in [5, 5.41) is 18.5. The molecule has 74 valence electrons. The van der Waals surface area contributed by atoms with Gasteiger partial charge in [-0.05, 0) is 19.8 Å². The molecule has 1 fully saturated rings. The average molecular weight is 186 g/mol. The van der Waals surface area contributed by atoms with Crippen LogP contribution in [0.2, 0.25) is 0 Å². The minimum Gasteiger partial charge on any atom is -0.480 e. The van der Waals surface area contributed by atoms with Crippen molar-refractivity contribution in [2.45, 2.75) is 38.7 Å². The Bertz CT molecular complexity index is 220. The van der Waals surface area contributed by atoms with Crippen LogP contribution >= 0.6 is 0 Å². The number of carboxylic acids is 1. The Balaban J connectivity index is 3.00. The number of aliphatic hydroxyl groups excluding tert-OH is 1. The summed E-state index contributed by atoms with van der Waals surface area (Å²) in [5.74, 6) is -1.63. The highest BCUT2D eigenvalue weighted by molar-refractivity contribution is 6.02. The largest absolute Gasteiger partial charge is 0.480 e. The number of carbonyl (C=O) groups is 2. The van der Waals surface area contributed by atoms with Gasteiger partial charge in [-0.1, -0.05) is 12.8 Å². The predicted molar refractivity (Wildman–Crippen MR) is 45.2 cm³/mol. The van der Waals surface area contributed by atoms with Crippen molar-refractivity contribution >= 4 is 11.8 Å². The van der Waals surface area contributed by atoms with Crippen LogP contribution in [0.3, 0.4) is 0 Å². The van der Waals surface area contributed by atoms with Gasteiger partial charge < -0.3 is 10.2 Å². The zero-order chi connectivity index (χ0) is 10.1. The number of aliphatic hydroxyl groups is 1. The van der Waals surface area contributed by atoms with Crippen LogP contribution < -0.4 is 0 Å². The van der Waals surface area contributed by atoms with Crippen molar-refractivity contribution in [2.75, 3.05) is 0 Å². The molecule has 1 rings (SSSR count). The molecule has 0 aromatic rings. The van der Waals surface area contributed by atoms with Crippen LogP contribution in [0.15, 0.2) is 0 Å². The zero-order valence-corrected chi connectivity index (χ0v) is 7.62. The lowest BCUT2D eigenvalue weighted by atomic mass is 9.69. The smallest absolute Gasteiger partial charge is 0.319 e. The molecular formula is C9H14O4. The van der Waals surface area contributed by atoms with E-state index in [9.17, 15) is 14.7 Å². The van der Waals surface area contributed by atoms with Crippen LogP contribution in [-0.2, 0) is 9.59 Å². The van der Waals surface area contributed by atoms with Crippen molar-refractivity contribution in [1.29, 1.82) is 0 Å². The number of Topliss-reactive ketones (excluding diaryl/α,β-unsaturated/α-hetero) is 1. The summed E-state index contributed by atoms with van der Waals surface area (Å²) < 4.78 is 0. The maximum absolute atomic E-state index is 11.2. The van der Waals surface area contributed by atoms with E-state index in [-0.39, 0.29) is 6.42 Å². The lowest BCUT2D eigenvalue weighted by Gasteiger charge is -2.35. The van der Waals surface area contributed by atoms with E-state index >= 15 is 0 Å². The first-order chi connectivity index (χ1) is 6.01. The molecule has 0 aliphatic heterocycles. The summed E-state index contributed by atoms with van der Waals surface area (Å²) in [6, 6.07) is 0. The van der Waals surface area contributed by atoms with Gasteiger partial charge in [0.15, 0.2) is 5.41 Å². The number of ketones is 1. The standard InChI is InChI=1S/C9H14O4/c1-6(10)9(8(12)13)5-3-2-4-7(9)11/h7,11H,2-5H2,1H3,(H,12,13)/t7-,9-/m0/s1.